The van der Waals surface area contributed by atoms with Crippen molar-refractivity contribution in [1.82, 2.24) is 5.32 Å². The van der Waals surface area contributed by atoms with Crippen molar-refractivity contribution in [1.29, 1.82) is 0 Å². The van der Waals surface area contributed by atoms with Crippen molar-refractivity contribution in [3.05, 3.63) is 51.2 Å². The second-order valence-electron chi connectivity index (χ2n) is 5.70. The molecule has 1 aliphatic carbocycles. The maximum absolute atomic E-state index is 12.5. The second kappa shape index (κ2) is 6.53. The molecule has 0 bridgehead atoms. The molecule has 0 radical (unpaired) electrons. The van der Waals surface area contributed by atoms with Gasteiger partial charge < -0.3 is 10.1 Å². The highest BCUT2D eigenvalue weighted by molar-refractivity contribution is 7.14. The molecule has 116 valence electrons. The van der Waals surface area contributed by atoms with Gasteiger partial charge in [-0.2, -0.15) is 0 Å². The van der Waals surface area contributed by atoms with Crippen molar-refractivity contribution >= 4 is 17.2 Å². The number of fused-ring (bicyclic) bond motifs is 1. The minimum absolute atomic E-state index is 0.0119. The van der Waals surface area contributed by atoms with E-state index in [9.17, 15) is 4.79 Å². The number of carbonyl (C=O) groups excluding carboxylic acids is 1. The number of para-hydroxylation sites is 1. The van der Waals surface area contributed by atoms with E-state index in [1.165, 1.54) is 23.3 Å². The Hall–Kier alpha value is -1.81. The van der Waals surface area contributed by atoms with Crippen LogP contribution in [0.15, 0.2) is 30.3 Å². The standard InChI is InChI=1S/C18H21NO2S/c1-12(14-8-4-5-9-15(14)21-2)19-18(20)17-11-13-7-3-6-10-16(13)22-17/h4-5,8-9,11-12H,3,6-7,10H2,1-2H3,(H,19,20)/t12-/m0/s1. The van der Waals surface area contributed by atoms with Crippen LogP contribution in [0.4, 0.5) is 0 Å². The van der Waals surface area contributed by atoms with Gasteiger partial charge in [-0.15, -0.1) is 11.3 Å². The van der Waals surface area contributed by atoms with E-state index in [0.717, 1.165) is 29.0 Å². The van der Waals surface area contributed by atoms with Crippen LogP contribution in [0.1, 0.15) is 51.5 Å². The molecule has 0 fully saturated rings. The van der Waals surface area contributed by atoms with Gasteiger partial charge >= 0.3 is 0 Å². The molecule has 2 aromatic rings. The maximum Gasteiger partial charge on any atom is 0.261 e. The van der Waals surface area contributed by atoms with E-state index >= 15 is 0 Å². The van der Waals surface area contributed by atoms with E-state index in [1.807, 2.05) is 31.2 Å². The highest BCUT2D eigenvalue weighted by Gasteiger charge is 2.19. The summed E-state index contributed by atoms with van der Waals surface area (Å²) in [6, 6.07) is 9.80. The van der Waals surface area contributed by atoms with Gasteiger partial charge in [0, 0.05) is 10.4 Å². The summed E-state index contributed by atoms with van der Waals surface area (Å²) in [5.41, 5.74) is 2.37. The lowest BCUT2D eigenvalue weighted by Crippen LogP contribution is -2.26. The van der Waals surface area contributed by atoms with E-state index < -0.39 is 0 Å². The SMILES string of the molecule is COc1ccccc1[C@H](C)NC(=O)c1cc2c(s1)CCCC2. The predicted octanol–water partition coefficient (Wildman–Crippen LogP) is 4.13. The fourth-order valence-corrected chi connectivity index (χ4v) is 4.13. The average Bonchev–Trinajstić information content (AvgIpc) is 2.99. The topological polar surface area (TPSA) is 38.3 Å². The molecule has 0 saturated heterocycles. The summed E-state index contributed by atoms with van der Waals surface area (Å²) in [7, 11) is 1.65. The summed E-state index contributed by atoms with van der Waals surface area (Å²) < 4.78 is 5.37. The van der Waals surface area contributed by atoms with Crippen molar-refractivity contribution < 1.29 is 9.53 Å². The monoisotopic (exact) mass is 315 g/mol. The third kappa shape index (κ3) is 3.02. The smallest absolute Gasteiger partial charge is 0.261 e. The molecular formula is C18H21NO2S. The molecule has 1 N–H and O–H groups in total. The lowest BCUT2D eigenvalue weighted by molar-refractivity contribution is 0.0943. The first-order valence-electron chi connectivity index (χ1n) is 7.74. The Morgan fingerprint density at radius 3 is 2.82 bits per heavy atom. The summed E-state index contributed by atoms with van der Waals surface area (Å²) >= 11 is 1.65. The molecule has 3 rings (SSSR count). The van der Waals surface area contributed by atoms with Crippen LogP contribution >= 0.6 is 11.3 Å². The van der Waals surface area contributed by atoms with Crippen LogP contribution in [-0.2, 0) is 12.8 Å². The van der Waals surface area contributed by atoms with Gasteiger partial charge in [0.05, 0.1) is 18.0 Å². The van der Waals surface area contributed by atoms with Crippen LogP contribution in [-0.4, -0.2) is 13.0 Å². The number of thiophene rings is 1. The Morgan fingerprint density at radius 2 is 2.05 bits per heavy atom. The zero-order valence-corrected chi connectivity index (χ0v) is 13.8. The number of ether oxygens (including phenoxy) is 1. The fourth-order valence-electron chi connectivity index (χ4n) is 2.97. The lowest BCUT2D eigenvalue weighted by atomic mass is 9.99. The highest BCUT2D eigenvalue weighted by atomic mass is 32.1. The highest BCUT2D eigenvalue weighted by Crippen LogP contribution is 2.30. The first-order chi connectivity index (χ1) is 10.7. The van der Waals surface area contributed by atoms with Gasteiger partial charge in [-0.05, 0) is 50.3 Å². The molecule has 0 spiro atoms. The Morgan fingerprint density at radius 1 is 1.27 bits per heavy atom. The maximum atomic E-state index is 12.5. The molecule has 0 aliphatic heterocycles. The number of hydrogen-bond acceptors (Lipinski definition) is 3. The Balaban J connectivity index is 1.74. The van der Waals surface area contributed by atoms with Gasteiger partial charge in [0.1, 0.15) is 5.75 Å². The number of benzene rings is 1. The largest absolute Gasteiger partial charge is 0.496 e. The molecule has 1 aromatic carbocycles. The first kappa shape index (κ1) is 15.1. The molecule has 1 atom stereocenters. The number of amides is 1. The van der Waals surface area contributed by atoms with Gasteiger partial charge in [-0.3, -0.25) is 4.79 Å². The molecule has 1 aliphatic rings. The summed E-state index contributed by atoms with van der Waals surface area (Å²) in [6.07, 6.45) is 4.71. The van der Waals surface area contributed by atoms with E-state index in [4.69, 9.17) is 4.74 Å². The molecule has 0 saturated carbocycles. The molecular weight excluding hydrogens is 294 g/mol. The van der Waals surface area contributed by atoms with Crippen molar-refractivity contribution in [2.45, 2.75) is 38.6 Å². The molecule has 3 nitrogen and oxygen atoms in total. The third-order valence-corrected chi connectivity index (χ3v) is 5.41. The van der Waals surface area contributed by atoms with Crippen LogP contribution in [0.2, 0.25) is 0 Å². The van der Waals surface area contributed by atoms with Crippen molar-refractivity contribution in [3.8, 4) is 5.75 Å². The Bertz CT molecular complexity index is 654. The lowest BCUT2D eigenvalue weighted by Gasteiger charge is -2.16. The van der Waals surface area contributed by atoms with E-state index in [1.54, 1.807) is 18.4 Å². The quantitative estimate of drug-likeness (QED) is 0.921. The van der Waals surface area contributed by atoms with Crippen LogP contribution in [0.25, 0.3) is 0 Å². The summed E-state index contributed by atoms with van der Waals surface area (Å²) in [6.45, 7) is 1.99. The number of rotatable bonds is 4. The Kier molecular flexibility index (Phi) is 4.48. The number of carbonyl (C=O) groups is 1. The first-order valence-corrected chi connectivity index (χ1v) is 8.56. The second-order valence-corrected chi connectivity index (χ2v) is 6.84. The van der Waals surface area contributed by atoms with Crippen LogP contribution in [0, 0.1) is 0 Å². The molecule has 0 unspecified atom stereocenters. The summed E-state index contributed by atoms with van der Waals surface area (Å²) in [5, 5.41) is 3.09. The molecule has 1 aromatic heterocycles. The fraction of sp³-hybridized carbons (Fsp3) is 0.389. The predicted molar refractivity (Wildman–Crippen MR) is 89.8 cm³/mol. The number of aryl methyl sites for hydroxylation is 2. The van der Waals surface area contributed by atoms with Gasteiger partial charge in [0.25, 0.3) is 5.91 Å². The minimum Gasteiger partial charge on any atom is -0.496 e. The third-order valence-electron chi connectivity index (χ3n) is 4.17. The molecule has 1 heterocycles. The van der Waals surface area contributed by atoms with Crippen molar-refractivity contribution in [2.24, 2.45) is 0 Å². The van der Waals surface area contributed by atoms with Gasteiger partial charge in [-0.1, -0.05) is 18.2 Å². The van der Waals surface area contributed by atoms with E-state index in [-0.39, 0.29) is 11.9 Å². The van der Waals surface area contributed by atoms with Crippen LogP contribution < -0.4 is 10.1 Å². The van der Waals surface area contributed by atoms with E-state index in [2.05, 4.69) is 11.4 Å². The molecule has 22 heavy (non-hydrogen) atoms. The van der Waals surface area contributed by atoms with Crippen molar-refractivity contribution in [3.63, 3.8) is 0 Å². The van der Waals surface area contributed by atoms with Gasteiger partial charge in [-0.25, -0.2) is 0 Å². The summed E-state index contributed by atoms with van der Waals surface area (Å²) in [5.74, 6) is 0.818. The average molecular weight is 315 g/mol. The van der Waals surface area contributed by atoms with Crippen molar-refractivity contribution in [2.75, 3.05) is 7.11 Å². The number of nitrogens with one attached hydrogen (secondary N) is 1. The van der Waals surface area contributed by atoms with Crippen LogP contribution in [0.5, 0.6) is 5.75 Å². The van der Waals surface area contributed by atoms with Gasteiger partial charge in [0.15, 0.2) is 0 Å². The minimum atomic E-state index is -0.0808. The Labute approximate surface area is 135 Å². The normalized spacial score (nSPS) is 15.0. The van der Waals surface area contributed by atoms with E-state index in [0.29, 0.717) is 0 Å². The van der Waals surface area contributed by atoms with Crippen LogP contribution in [0.3, 0.4) is 0 Å². The summed E-state index contributed by atoms with van der Waals surface area (Å²) in [4.78, 5) is 14.7. The van der Waals surface area contributed by atoms with Gasteiger partial charge in [0.2, 0.25) is 0 Å². The number of hydrogen-bond donors (Lipinski definition) is 1. The number of methoxy groups -OCH3 is 1. The molecule has 1 amide bonds. The molecule has 4 heteroatoms. The zero-order chi connectivity index (χ0) is 15.5. The zero-order valence-electron chi connectivity index (χ0n) is 13.0.